The number of H-pyrrole nitrogens is 2. The molecule has 0 spiro atoms. The smallest absolute Gasteiger partial charge is 0.154 e. The van der Waals surface area contributed by atoms with Crippen LogP contribution in [0.1, 0.15) is 11.4 Å². The van der Waals surface area contributed by atoms with Crippen molar-refractivity contribution < 1.29 is 8.83 Å². The molecule has 0 saturated carbocycles. The molecule has 154 valence electrons. The van der Waals surface area contributed by atoms with Crippen molar-refractivity contribution in [3.63, 3.8) is 0 Å². The van der Waals surface area contributed by atoms with Gasteiger partial charge in [-0.3, -0.25) is 4.90 Å². The van der Waals surface area contributed by atoms with Crippen LogP contribution in [0, 0.1) is 11.3 Å². The van der Waals surface area contributed by atoms with Gasteiger partial charge in [0, 0.05) is 23.6 Å². The Kier molecular flexibility index (Phi) is 5.13. The van der Waals surface area contributed by atoms with Crippen LogP contribution >= 0.6 is 0 Å². The molecule has 0 aliphatic carbocycles. The number of hydrogen-bond donors (Lipinski definition) is 2. The van der Waals surface area contributed by atoms with Crippen molar-refractivity contribution >= 4 is 10.9 Å². The van der Waals surface area contributed by atoms with Crippen LogP contribution in [0.3, 0.4) is 0 Å². The Bertz CT molecular complexity index is 1250. The second-order valence-electron chi connectivity index (χ2n) is 7.34. The van der Waals surface area contributed by atoms with Gasteiger partial charge in [0.2, 0.25) is 0 Å². The fraction of sp³-hybridized carbons (Fsp3) is 0.167. The summed E-state index contributed by atoms with van der Waals surface area (Å²) >= 11 is 0. The Morgan fingerprint density at radius 2 is 1.81 bits per heavy atom. The molecule has 0 aliphatic rings. The molecule has 1 aromatic carbocycles. The van der Waals surface area contributed by atoms with E-state index in [-0.39, 0.29) is 0 Å². The van der Waals surface area contributed by atoms with Crippen LogP contribution < -0.4 is 0 Å². The summed E-state index contributed by atoms with van der Waals surface area (Å²) in [7, 11) is 0. The third-order valence-electron chi connectivity index (χ3n) is 5.31. The highest BCUT2D eigenvalue weighted by molar-refractivity contribution is 5.83. The molecule has 0 unspecified atom stereocenters. The number of furan rings is 2. The third-order valence-corrected chi connectivity index (χ3v) is 5.31. The van der Waals surface area contributed by atoms with Crippen molar-refractivity contribution in [2.75, 3.05) is 13.1 Å². The van der Waals surface area contributed by atoms with Crippen molar-refractivity contribution in [3.8, 4) is 29.0 Å². The molecule has 2 N–H and O–H groups in total. The number of nitrogens with one attached hydrogen (secondary N) is 2. The lowest BCUT2D eigenvalue weighted by Gasteiger charge is -2.17. The monoisotopic (exact) mass is 411 g/mol. The van der Waals surface area contributed by atoms with Gasteiger partial charge in [0.25, 0.3) is 0 Å². The minimum atomic E-state index is 0.315. The summed E-state index contributed by atoms with van der Waals surface area (Å²) < 4.78 is 11.1. The van der Waals surface area contributed by atoms with Gasteiger partial charge >= 0.3 is 0 Å². The summed E-state index contributed by atoms with van der Waals surface area (Å²) in [4.78, 5) is 13.5. The zero-order chi connectivity index (χ0) is 21.0. The number of nitriles is 1. The van der Waals surface area contributed by atoms with E-state index in [1.807, 2.05) is 42.6 Å². The number of para-hydroxylation sites is 1. The van der Waals surface area contributed by atoms with Gasteiger partial charge < -0.3 is 18.8 Å². The quantitative estimate of drug-likeness (QED) is 0.351. The van der Waals surface area contributed by atoms with Crippen LogP contribution in [0.5, 0.6) is 0 Å². The Hall–Kier alpha value is -4.02. The van der Waals surface area contributed by atoms with E-state index in [2.05, 4.69) is 33.1 Å². The van der Waals surface area contributed by atoms with Gasteiger partial charge in [0.15, 0.2) is 11.5 Å². The molecule has 7 nitrogen and oxygen atoms in total. The first kappa shape index (κ1) is 19.0. The molecule has 0 fully saturated rings. The fourth-order valence-electron chi connectivity index (χ4n) is 3.83. The Balaban J connectivity index is 1.37. The molecule has 7 heteroatoms. The first-order valence-electron chi connectivity index (χ1n) is 10.1. The highest BCUT2D eigenvalue weighted by Gasteiger charge is 2.19. The first-order chi connectivity index (χ1) is 15.3. The summed E-state index contributed by atoms with van der Waals surface area (Å²) in [6.07, 6.45) is 6.14. The topological polar surface area (TPSA) is 97.8 Å². The first-order valence-corrected chi connectivity index (χ1v) is 10.1. The SMILES string of the molecule is N#CCN(CCc1c[nH]c2ccccc12)Cc1nc(-c2ccco2)c(-c2ccco2)[nH]1. The van der Waals surface area contributed by atoms with Gasteiger partial charge in [-0.2, -0.15) is 5.26 Å². The normalized spacial score (nSPS) is 11.4. The van der Waals surface area contributed by atoms with Crippen LogP contribution in [0.2, 0.25) is 0 Å². The number of aromatic amines is 2. The van der Waals surface area contributed by atoms with Gasteiger partial charge in [-0.05, 0) is 42.3 Å². The van der Waals surface area contributed by atoms with E-state index in [1.54, 1.807) is 12.5 Å². The van der Waals surface area contributed by atoms with E-state index in [1.165, 1.54) is 10.9 Å². The van der Waals surface area contributed by atoms with E-state index < -0.39 is 0 Å². The molecule has 31 heavy (non-hydrogen) atoms. The number of rotatable bonds is 8. The molecular weight excluding hydrogens is 390 g/mol. The third kappa shape index (κ3) is 3.89. The van der Waals surface area contributed by atoms with Crippen molar-refractivity contribution in [3.05, 3.63) is 78.6 Å². The molecule has 0 atom stereocenters. The van der Waals surface area contributed by atoms with Gasteiger partial charge in [-0.15, -0.1) is 0 Å². The second-order valence-corrected chi connectivity index (χ2v) is 7.34. The highest BCUT2D eigenvalue weighted by Crippen LogP contribution is 2.31. The maximum atomic E-state index is 9.35. The molecule has 5 rings (SSSR count). The standard InChI is InChI=1S/C24H21N5O2/c25-10-12-29(11-9-17-15-26-19-6-2-1-5-18(17)19)16-22-27-23(20-7-3-13-30-20)24(28-22)21-8-4-14-31-21/h1-8,13-15,26H,9,11-12,16H2,(H,27,28). The number of fused-ring (bicyclic) bond motifs is 1. The Morgan fingerprint density at radius 1 is 1.00 bits per heavy atom. The fourth-order valence-corrected chi connectivity index (χ4v) is 3.83. The summed E-state index contributed by atoms with van der Waals surface area (Å²) in [6, 6.07) is 18.0. The van der Waals surface area contributed by atoms with Crippen molar-refractivity contribution in [2.45, 2.75) is 13.0 Å². The average molecular weight is 411 g/mol. The van der Waals surface area contributed by atoms with Crippen molar-refractivity contribution in [1.82, 2.24) is 19.9 Å². The number of imidazole rings is 1. The van der Waals surface area contributed by atoms with Crippen LogP contribution in [0.4, 0.5) is 0 Å². The maximum absolute atomic E-state index is 9.35. The van der Waals surface area contributed by atoms with Crippen LogP contribution in [-0.4, -0.2) is 32.9 Å². The predicted octanol–water partition coefficient (Wildman–Crippen LogP) is 4.98. The van der Waals surface area contributed by atoms with Gasteiger partial charge in [0.1, 0.15) is 17.2 Å². The summed E-state index contributed by atoms with van der Waals surface area (Å²) in [5.41, 5.74) is 3.83. The lowest BCUT2D eigenvalue weighted by molar-refractivity contribution is 0.295. The highest BCUT2D eigenvalue weighted by atomic mass is 16.3. The molecule has 0 amide bonds. The van der Waals surface area contributed by atoms with Crippen LogP contribution in [0.25, 0.3) is 33.8 Å². The van der Waals surface area contributed by atoms with Gasteiger partial charge in [-0.1, -0.05) is 18.2 Å². The Labute approximate surface area is 178 Å². The lowest BCUT2D eigenvalue weighted by Crippen LogP contribution is -2.26. The summed E-state index contributed by atoms with van der Waals surface area (Å²) in [5.74, 6) is 2.11. The van der Waals surface area contributed by atoms with E-state index in [4.69, 9.17) is 13.8 Å². The van der Waals surface area contributed by atoms with Crippen LogP contribution in [-0.2, 0) is 13.0 Å². The second kappa shape index (κ2) is 8.38. The predicted molar refractivity (Wildman–Crippen MR) is 117 cm³/mol. The van der Waals surface area contributed by atoms with Crippen molar-refractivity contribution in [2.24, 2.45) is 0 Å². The average Bonchev–Trinajstić information content (AvgIpc) is 3.59. The van der Waals surface area contributed by atoms with E-state index in [0.29, 0.717) is 30.3 Å². The van der Waals surface area contributed by atoms with Gasteiger partial charge in [0.05, 0.1) is 31.7 Å². The zero-order valence-corrected chi connectivity index (χ0v) is 16.8. The minimum Gasteiger partial charge on any atom is -0.463 e. The molecule has 4 aromatic heterocycles. The maximum Gasteiger partial charge on any atom is 0.154 e. The number of hydrogen-bond acceptors (Lipinski definition) is 5. The largest absolute Gasteiger partial charge is 0.463 e. The van der Waals surface area contributed by atoms with E-state index in [9.17, 15) is 5.26 Å². The van der Waals surface area contributed by atoms with Crippen LogP contribution in [0.15, 0.2) is 76.1 Å². The molecule has 0 saturated heterocycles. The number of aromatic nitrogens is 3. The van der Waals surface area contributed by atoms with Gasteiger partial charge in [-0.25, -0.2) is 4.98 Å². The van der Waals surface area contributed by atoms with E-state index >= 15 is 0 Å². The summed E-state index contributed by atoms with van der Waals surface area (Å²) in [6.45, 7) is 1.57. The van der Waals surface area contributed by atoms with Crippen molar-refractivity contribution in [1.29, 1.82) is 5.26 Å². The molecule has 4 heterocycles. The molecule has 0 radical (unpaired) electrons. The number of nitrogens with zero attached hydrogens (tertiary/aromatic N) is 3. The lowest BCUT2D eigenvalue weighted by atomic mass is 10.1. The minimum absolute atomic E-state index is 0.315. The molecule has 0 bridgehead atoms. The zero-order valence-electron chi connectivity index (χ0n) is 16.8. The Morgan fingerprint density at radius 3 is 2.58 bits per heavy atom. The molecular formula is C24H21N5O2. The molecule has 5 aromatic rings. The number of benzene rings is 1. The molecule has 0 aliphatic heterocycles. The summed E-state index contributed by atoms with van der Waals surface area (Å²) in [5, 5.41) is 10.6. The van der Waals surface area contributed by atoms with E-state index in [0.717, 1.165) is 30.0 Å².